The molecular weight excluding hydrogens is 294 g/mol. The van der Waals surface area contributed by atoms with Gasteiger partial charge in [-0.2, -0.15) is 0 Å². The van der Waals surface area contributed by atoms with E-state index in [-0.39, 0.29) is 23.8 Å². The Morgan fingerprint density at radius 2 is 1.86 bits per heavy atom. The molecule has 0 spiro atoms. The zero-order valence-corrected chi connectivity index (χ0v) is 13.9. The highest BCUT2D eigenvalue weighted by atomic mass is 32.2. The number of carboxylic acid groups (broad SMARTS) is 1. The lowest BCUT2D eigenvalue weighted by molar-refractivity contribution is -0.142. The molecule has 1 saturated carbocycles. The molecule has 21 heavy (non-hydrogen) atoms. The van der Waals surface area contributed by atoms with Crippen LogP contribution < -0.4 is 4.72 Å². The normalized spacial score (nSPS) is 25.0. The van der Waals surface area contributed by atoms with E-state index < -0.39 is 16.0 Å². The quantitative estimate of drug-likeness (QED) is 0.708. The van der Waals surface area contributed by atoms with Gasteiger partial charge in [0.15, 0.2) is 0 Å². The maximum absolute atomic E-state index is 12.2. The van der Waals surface area contributed by atoms with Gasteiger partial charge in [0.25, 0.3) is 0 Å². The van der Waals surface area contributed by atoms with Crippen LogP contribution in [0.25, 0.3) is 0 Å². The highest BCUT2D eigenvalue weighted by Gasteiger charge is 2.29. The summed E-state index contributed by atoms with van der Waals surface area (Å²) in [6.45, 7) is 4.05. The predicted molar refractivity (Wildman–Crippen MR) is 80.6 cm³/mol. The summed E-state index contributed by atoms with van der Waals surface area (Å²) in [4.78, 5) is 10.9. The molecule has 0 radical (unpaired) electrons. The summed E-state index contributed by atoms with van der Waals surface area (Å²) in [6, 6.07) is -0.151. The van der Waals surface area contributed by atoms with Crippen LogP contribution in [-0.2, 0) is 19.6 Å². The minimum Gasteiger partial charge on any atom is -0.481 e. The van der Waals surface area contributed by atoms with Gasteiger partial charge in [-0.25, -0.2) is 13.1 Å². The molecular formula is C14H27NO5S. The molecule has 1 aliphatic carbocycles. The number of nitrogens with one attached hydrogen (secondary N) is 1. The number of aliphatic carboxylic acids is 1. The Morgan fingerprint density at radius 3 is 2.29 bits per heavy atom. The second-order valence-corrected chi connectivity index (χ2v) is 8.07. The van der Waals surface area contributed by atoms with Gasteiger partial charge in [0.05, 0.1) is 17.8 Å². The third-order valence-electron chi connectivity index (χ3n) is 3.90. The van der Waals surface area contributed by atoms with Gasteiger partial charge in [-0.05, 0) is 38.0 Å². The van der Waals surface area contributed by atoms with Gasteiger partial charge in [-0.1, -0.05) is 13.8 Å². The van der Waals surface area contributed by atoms with Crippen LogP contribution in [0.5, 0.6) is 0 Å². The number of methoxy groups -OCH3 is 1. The number of carbonyl (C=O) groups is 1. The lowest BCUT2D eigenvalue weighted by atomic mass is 9.87. The molecule has 1 aliphatic rings. The van der Waals surface area contributed by atoms with E-state index in [2.05, 4.69) is 4.72 Å². The predicted octanol–water partition coefficient (Wildman–Crippen LogP) is 1.61. The Kier molecular flexibility index (Phi) is 7.09. The molecule has 6 nitrogen and oxygen atoms in total. The molecule has 2 N–H and O–H groups in total. The van der Waals surface area contributed by atoms with Crippen LogP contribution in [-0.4, -0.2) is 44.5 Å². The van der Waals surface area contributed by atoms with Crippen molar-refractivity contribution in [2.45, 2.75) is 58.1 Å². The number of rotatable bonds is 8. The van der Waals surface area contributed by atoms with Crippen LogP contribution in [0.15, 0.2) is 0 Å². The summed E-state index contributed by atoms with van der Waals surface area (Å²) in [5.41, 5.74) is 0. The van der Waals surface area contributed by atoms with Crippen LogP contribution in [0.3, 0.4) is 0 Å². The lowest BCUT2D eigenvalue weighted by Crippen LogP contribution is -2.42. The van der Waals surface area contributed by atoms with Crippen molar-refractivity contribution >= 4 is 16.0 Å². The topological polar surface area (TPSA) is 92.7 Å². The third kappa shape index (κ3) is 6.76. The number of hydrogen-bond donors (Lipinski definition) is 2. The first kappa shape index (κ1) is 18.4. The Bertz CT molecular complexity index is 427. The lowest BCUT2D eigenvalue weighted by Gasteiger charge is -2.27. The maximum Gasteiger partial charge on any atom is 0.306 e. The fraction of sp³-hybridized carbons (Fsp3) is 0.929. The minimum atomic E-state index is -3.40. The summed E-state index contributed by atoms with van der Waals surface area (Å²) in [7, 11) is -1.87. The molecule has 0 heterocycles. The van der Waals surface area contributed by atoms with Gasteiger partial charge in [0, 0.05) is 13.2 Å². The van der Waals surface area contributed by atoms with E-state index in [0.29, 0.717) is 38.0 Å². The number of ether oxygens (including phenoxy) is 1. The fourth-order valence-electron chi connectivity index (χ4n) is 2.76. The molecule has 7 heteroatoms. The SMILES string of the molecule is COC(CC(C)C)CS(=O)(=O)NC1CCC(C(=O)O)CC1. The summed E-state index contributed by atoms with van der Waals surface area (Å²) >= 11 is 0. The Hall–Kier alpha value is -0.660. The van der Waals surface area contributed by atoms with E-state index in [0.717, 1.165) is 0 Å². The summed E-state index contributed by atoms with van der Waals surface area (Å²) < 4.78 is 32.2. The van der Waals surface area contributed by atoms with Gasteiger partial charge < -0.3 is 9.84 Å². The monoisotopic (exact) mass is 321 g/mol. The van der Waals surface area contributed by atoms with E-state index in [9.17, 15) is 13.2 Å². The molecule has 1 atom stereocenters. The van der Waals surface area contributed by atoms with Gasteiger partial charge in [0.2, 0.25) is 10.0 Å². The van der Waals surface area contributed by atoms with Crippen molar-refractivity contribution in [3.05, 3.63) is 0 Å². The molecule has 0 saturated heterocycles. The Balaban J connectivity index is 2.47. The summed E-state index contributed by atoms with van der Waals surface area (Å²) in [5.74, 6) is -0.789. The fourth-order valence-corrected chi connectivity index (χ4v) is 4.36. The molecule has 0 aromatic heterocycles. The number of hydrogen-bond acceptors (Lipinski definition) is 4. The first-order valence-electron chi connectivity index (χ1n) is 7.49. The zero-order valence-electron chi connectivity index (χ0n) is 13.0. The van der Waals surface area contributed by atoms with Gasteiger partial charge in [-0.15, -0.1) is 0 Å². The second-order valence-electron chi connectivity index (χ2n) is 6.27. The maximum atomic E-state index is 12.2. The number of carboxylic acids is 1. The van der Waals surface area contributed by atoms with Gasteiger partial charge in [0.1, 0.15) is 0 Å². The third-order valence-corrected chi connectivity index (χ3v) is 5.40. The van der Waals surface area contributed by atoms with E-state index in [1.807, 2.05) is 13.8 Å². The summed E-state index contributed by atoms with van der Waals surface area (Å²) in [6.07, 6.45) is 2.61. The first-order valence-corrected chi connectivity index (χ1v) is 9.14. The highest BCUT2D eigenvalue weighted by Crippen LogP contribution is 2.25. The molecule has 1 fully saturated rings. The van der Waals surface area contributed by atoms with Crippen molar-refractivity contribution in [3.63, 3.8) is 0 Å². The average Bonchev–Trinajstić information content (AvgIpc) is 2.37. The molecule has 1 unspecified atom stereocenters. The van der Waals surface area contributed by atoms with Crippen LogP contribution >= 0.6 is 0 Å². The van der Waals surface area contributed by atoms with Crippen molar-refractivity contribution in [3.8, 4) is 0 Å². The Morgan fingerprint density at radius 1 is 1.29 bits per heavy atom. The minimum absolute atomic E-state index is 0.0411. The summed E-state index contributed by atoms with van der Waals surface area (Å²) in [5, 5.41) is 8.94. The van der Waals surface area contributed by atoms with Crippen LogP contribution in [0, 0.1) is 11.8 Å². The molecule has 0 aromatic rings. The smallest absolute Gasteiger partial charge is 0.306 e. The molecule has 0 bridgehead atoms. The van der Waals surface area contributed by atoms with E-state index in [4.69, 9.17) is 9.84 Å². The highest BCUT2D eigenvalue weighted by molar-refractivity contribution is 7.89. The molecule has 0 amide bonds. The van der Waals surface area contributed by atoms with Crippen LogP contribution in [0.1, 0.15) is 46.0 Å². The molecule has 0 aromatic carbocycles. The van der Waals surface area contributed by atoms with Crippen LogP contribution in [0.2, 0.25) is 0 Å². The van der Waals surface area contributed by atoms with Crippen LogP contribution in [0.4, 0.5) is 0 Å². The molecule has 0 aliphatic heterocycles. The van der Waals surface area contributed by atoms with Gasteiger partial charge >= 0.3 is 5.97 Å². The van der Waals surface area contributed by atoms with Gasteiger partial charge in [-0.3, -0.25) is 4.79 Å². The number of sulfonamides is 1. The largest absolute Gasteiger partial charge is 0.481 e. The van der Waals surface area contributed by atoms with Crippen molar-refractivity contribution in [1.29, 1.82) is 0 Å². The molecule has 124 valence electrons. The second kappa shape index (κ2) is 8.10. The van der Waals surface area contributed by atoms with E-state index in [1.165, 1.54) is 7.11 Å². The van der Waals surface area contributed by atoms with Crippen molar-refractivity contribution in [1.82, 2.24) is 4.72 Å². The van der Waals surface area contributed by atoms with E-state index >= 15 is 0 Å². The van der Waals surface area contributed by atoms with Crippen molar-refractivity contribution < 1.29 is 23.1 Å². The average molecular weight is 321 g/mol. The first-order chi connectivity index (χ1) is 9.73. The zero-order chi connectivity index (χ0) is 16.0. The Labute approximate surface area is 127 Å². The van der Waals surface area contributed by atoms with Crippen molar-refractivity contribution in [2.75, 3.05) is 12.9 Å². The van der Waals surface area contributed by atoms with Crippen molar-refractivity contribution in [2.24, 2.45) is 11.8 Å². The standard InChI is InChI=1S/C14H27NO5S/c1-10(2)8-13(20-3)9-21(18,19)15-12-6-4-11(5-7-12)14(16)17/h10-13,15H,4-9H2,1-3H3,(H,16,17). The molecule has 1 rings (SSSR count). The van der Waals surface area contributed by atoms with E-state index in [1.54, 1.807) is 0 Å².